The van der Waals surface area contributed by atoms with Crippen molar-refractivity contribution in [2.45, 2.75) is 6.18 Å². The number of nitrogens with zero attached hydrogens (tertiary/aromatic N) is 1. The van der Waals surface area contributed by atoms with Crippen molar-refractivity contribution in [1.82, 2.24) is 4.98 Å². The average molecular weight is 286 g/mol. The van der Waals surface area contributed by atoms with Gasteiger partial charge in [-0.1, -0.05) is 11.6 Å². The van der Waals surface area contributed by atoms with E-state index < -0.39 is 17.5 Å². The summed E-state index contributed by atoms with van der Waals surface area (Å²) in [6.07, 6.45) is -1.79. The van der Waals surface area contributed by atoms with Gasteiger partial charge in [0.2, 0.25) is 0 Å². The summed E-state index contributed by atoms with van der Waals surface area (Å²) in [4.78, 5) is 15.8. The van der Waals surface area contributed by atoms with Crippen molar-refractivity contribution in [3.05, 3.63) is 64.4 Å². The number of alkyl halides is 3. The van der Waals surface area contributed by atoms with Crippen molar-refractivity contribution < 1.29 is 18.0 Å². The van der Waals surface area contributed by atoms with E-state index in [4.69, 9.17) is 11.6 Å². The van der Waals surface area contributed by atoms with E-state index in [9.17, 15) is 18.0 Å². The van der Waals surface area contributed by atoms with E-state index in [1.165, 1.54) is 30.6 Å². The van der Waals surface area contributed by atoms with Gasteiger partial charge in [-0.3, -0.25) is 9.78 Å². The highest BCUT2D eigenvalue weighted by Gasteiger charge is 2.31. The minimum atomic E-state index is -4.55. The number of carbonyl (C=O) groups is 1. The van der Waals surface area contributed by atoms with Gasteiger partial charge in [-0.25, -0.2) is 0 Å². The Bertz CT molecular complexity index is 611. The molecule has 98 valence electrons. The Labute approximate surface area is 111 Å². The molecule has 0 saturated carbocycles. The lowest BCUT2D eigenvalue weighted by atomic mass is 10.0. The van der Waals surface area contributed by atoms with Crippen LogP contribution in [0.4, 0.5) is 13.2 Å². The highest BCUT2D eigenvalue weighted by molar-refractivity contribution is 6.31. The number of rotatable bonds is 2. The summed E-state index contributed by atoms with van der Waals surface area (Å²) in [5.74, 6) is -0.555. The molecule has 1 aromatic carbocycles. The van der Waals surface area contributed by atoms with Crippen molar-refractivity contribution in [3.63, 3.8) is 0 Å². The Morgan fingerprint density at radius 3 is 2.47 bits per heavy atom. The van der Waals surface area contributed by atoms with Crippen LogP contribution in [0.15, 0.2) is 42.7 Å². The predicted octanol–water partition coefficient (Wildman–Crippen LogP) is 3.98. The summed E-state index contributed by atoms with van der Waals surface area (Å²) in [5.41, 5.74) is -0.863. The number of carbonyl (C=O) groups excluding carboxylic acids is 1. The first kappa shape index (κ1) is 13.5. The first-order chi connectivity index (χ1) is 8.88. The second-order valence-corrected chi connectivity index (χ2v) is 4.23. The number of benzene rings is 1. The molecule has 0 aliphatic heterocycles. The summed E-state index contributed by atoms with van der Waals surface area (Å²) < 4.78 is 37.9. The van der Waals surface area contributed by atoms with Crippen LogP contribution >= 0.6 is 11.6 Å². The van der Waals surface area contributed by atoms with Crippen LogP contribution in [-0.4, -0.2) is 10.8 Å². The first-order valence-corrected chi connectivity index (χ1v) is 5.58. The van der Waals surface area contributed by atoms with Crippen molar-refractivity contribution in [3.8, 4) is 0 Å². The molecule has 0 radical (unpaired) electrons. The van der Waals surface area contributed by atoms with Crippen LogP contribution in [0.1, 0.15) is 21.5 Å². The molecule has 0 saturated heterocycles. The van der Waals surface area contributed by atoms with E-state index in [1.807, 2.05) is 0 Å². The monoisotopic (exact) mass is 285 g/mol. The standard InChI is InChI=1S/C13H7ClF3NO/c14-11-5-9(4-10(6-11)13(15,16)17)12(19)8-2-1-3-18-7-8/h1-7H. The molecule has 0 bridgehead atoms. The maximum Gasteiger partial charge on any atom is 0.416 e. The van der Waals surface area contributed by atoms with E-state index in [0.29, 0.717) is 0 Å². The summed E-state index contributed by atoms with van der Waals surface area (Å²) in [6, 6.07) is 5.76. The van der Waals surface area contributed by atoms with Crippen LogP contribution in [0.25, 0.3) is 0 Å². The van der Waals surface area contributed by atoms with Gasteiger partial charge in [0.1, 0.15) is 0 Å². The Balaban J connectivity index is 2.46. The highest BCUT2D eigenvalue weighted by Crippen LogP contribution is 2.32. The predicted molar refractivity (Wildman–Crippen MR) is 64.1 cm³/mol. The minimum Gasteiger partial charge on any atom is -0.289 e. The van der Waals surface area contributed by atoms with Gasteiger partial charge in [0.25, 0.3) is 0 Å². The fraction of sp³-hybridized carbons (Fsp3) is 0.0769. The van der Waals surface area contributed by atoms with Crippen molar-refractivity contribution in [2.24, 2.45) is 0 Å². The average Bonchev–Trinajstić information content (AvgIpc) is 2.37. The summed E-state index contributed by atoms with van der Waals surface area (Å²) in [6.45, 7) is 0. The third kappa shape index (κ3) is 3.12. The summed E-state index contributed by atoms with van der Waals surface area (Å²) >= 11 is 5.62. The third-order valence-electron chi connectivity index (χ3n) is 2.41. The molecular weight excluding hydrogens is 279 g/mol. The smallest absolute Gasteiger partial charge is 0.289 e. The second-order valence-electron chi connectivity index (χ2n) is 3.80. The summed E-state index contributed by atoms with van der Waals surface area (Å²) in [7, 11) is 0. The van der Waals surface area contributed by atoms with Gasteiger partial charge in [-0.15, -0.1) is 0 Å². The molecule has 0 spiro atoms. The summed E-state index contributed by atoms with van der Waals surface area (Å²) in [5, 5.41) is -0.137. The van der Waals surface area contributed by atoms with Gasteiger partial charge in [0.15, 0.2) is 5.78 Å². The van der Waals surface area contributed by atoms with E-state index in [-0.39, 0.29) is 16.1 Å². The molecule has 0 atom stereocenters. The van der Waals surface area contributed by atoms with Gasteiger partial charge >= 0.3 is 6.18 Å². The van der Waals surface area contributed by atoms with Gasteiger partial charge in [-0.2, -0.15) is 13.2 Å². The van der Waals surface area contributed by atoms with E-state index in [1.54, 1.807) is 0 Å². The van der Waals surface area contributed by atoms with Crippen molar-refractivity contribution in [2.75, 3.05) is 0 Å². The van der Waals surface area contributed by atoms with Crippen LogP contribution in [0.5, 0.6) is 0 Å². The number of ketones is 1. The number of hydrogen-bond acceptors (Lipinski definition) is 2. The van der Waals surface area contributed by atoms with Crippen LogP contribution in [0.2, 0.25) is 5.02 Å². The zero-order chi connectivity index (χ0) is 14.0. The van der Waals surface area contributed by atoms with Crippen molar-refractivity contribution >= 4 is 17.4 Å². The Morgan fingerprint density at radius 1 is 1.16 bits per heavy atom. The molecule has 0 aliphatic carbocycles. The highest BCUT2D eigenvalue weighted by atomic mass is 35.5. The lowest BCUT2D eigenvalue weighted by Crippen LogP contribution is -2.08. The molecule has 2 nitrogen and oxygen atoms in total. The molecular formula is C13H7ClF3NO. The van der Waals surface area contributed by atoms with Gasteiger partial charge in [0, 0.05) is 28.5 Å². The molecule has 0 amide bonds. The van der Waals surface area contributed by atoms with Gasteiger partial charge in [0.05, 0.1) is 5.56 Å². The normalized spacial score (nSPS) is 11.4. The molecule has 0 unspecified atom stereocenters. The first-order valence-electron chi connectivity index (χ1n) is 5.20. The lowest BCUT2D eigenvalue weighted by Gasteiger charge is -2.09. The molecule has 2 aromatic rings. The molecule has 0 aliphatic rings. The fourth-order valence-electron chi connectivity index (χ4n) is 1.55. The van der Waals surface area contributed by atoms with E-state index >= 15 is 0 Å². The molecule has 0 fully saturated rings. The minimum absolute atomic E-state index is 0.118. The largest absolute Gasteiger partial charge is 0.416 e. The zero-order valence-electron chi connectivity index (χ0n) is 9.41. The maximum atomic E-state index is 12.6. The van der Waals surface area contributed by atoms with Crippen LogP contribution in [0.3, 0.4) is 0 Å². The number of hydrogen-bond donors (Lipinski definition) is 0. The second kappa shape index (κ2) is 5.01. The Morgan fingerprint density at radius 2 is 1.89 bits per heavy atom. The van der Waals surface area contributed by atoms with Crippen LogP contribution in [-0.2, 0) is 6.18 Å². The lowest BCUT2D eigenvalue weighted by molar-refractivity contribution is -0.137. The Kier molecular flexibility index (Phi) is 3.57. The van der Waals surface area contributed by atoms with E-state index in [0.717, 1.165) is 12.1 Å². The number of pyridine rings is 1. The molecule has 6 heteroatoms. The number of halogens is 4. The fourth-order valence-corrected chi connectivity index (χ4v) is 1.78. The zero-order valence-corrected chi connectivity index (χ0v) is 10.2. The number of aromatic nitrogens is 1. The Hall–Kier alpha value is -1.88. The van der Waals surface area contributed by atoms with Crippen molar-refractivity contribution in [1.29, 1.82) is 0 Å². The maximum absolute atomic E-state index is 12.6. The third-order valence-corrected chi connectivity index (χ3v) is 2.63. The topological polar surface area (TPSA) is 30.0 Å². The van der Waals surface area contributed by atoms with E-state index in [2.05, 4.69) is 4.98 Å². The van der Waals surface area contributed by atoms with Crippen LogP contribution < -0.4 is 0 Å². The quantitative estimate of drug-likeness (QED) is 0.781. The molecule has 0 N–H and O–H groups in total. The van der Waals surface area contributed by atoms with Gasteiger partial charge in [-0.05, 0) is 30.3 Å². The molecule has 2 rings (SSSR count). The SMILES string of the molecule is O=C(c1cccnc1)c1cc(Cl)cc(C(F)(F)F)c1. The van der Waals surface area contributed by atoms with Crippen LogP contribution in [0, 0.1) is 0 Å². The molecule has 1 heterocycles. The molecule has 1 aromatic heterocycles. The molecule has 19 heavy (non-hydrogen) atoms. The van der Waals surface area contributed by atoms with Gasteiger partial charge < -0.3 is 0 Å².